The molecule has 6 heteroatoms. The molecule has 3 heterocycles. The molecule has 0 unspecified atom stereocenters. The third-order valence-corrected chi connectivity index (χ3v) is 5.05. The second-order valence-electron chi connectivity index (χ2n) is 6.53. The Bertz CT molecular complexity index is 593. The molecule has 0 radical (unpaired) electrons. The minimum absolute atomic E-state index is 0.152. The van der Waals surface area contributed by atoms with E-state index in [2.05, 4.69) is 11.0 Å². The van der Waals surface area contributed by atoms with Gasteiger partial charge in [-0.15, -0.1) is 0 Å². The first-order valence-corrected chi connectivity index (χ1v) is 8.82. The first-order valence-electron chi connectivity index (χ1n) is 8.82. The van der Waals surface area contributed by atoms with Gasteiger partial charge in [0.25, 0.3) is 0 Å². The number of carbonyl (C=O) groups excluding carboxylic acids is 1. The number of carbonyl (C=O) groups is 1. The van der Waals surface area contributed by atoms with Gasteiger partial charge in [0.2, 0.25) is 5.91 Å². The Hall–Kier alpha value is -1.95. The molecule has 1 aromatic carbocycles. The molecule has 6 nitrogen and oxygen atoms in total. The fourth-order valence-electron chi connectivity index (χ4n) is 3.62. The van der Waals surface area contributed by atoms with Crippen LogP contribution < -0.4 is 14.4 Å². The van der Waals surface area contributed by atoms with Crippen LogP contribution in [0.3, 0.4) is 0 Å². The third kappa shape index (κ3) is 3.15. The fourth-order valence-corrected chi connectivity index (χ4v) is 3.62. The highest BCUT2D eigenvalue weighted by Gasteiger charge is 2.29. The Morgan fingerprint density at radius 2 is 1.62 bits per heavy atom. The monoisotopic (exact) mass is 332 g/mol. The van der Waals surface area contributed by atoms with Crippen LogP contribution in [0, 0.1) is 5.92 Å². The van der Waals surface area contributed by atoms with Crippen LogP contribution in [-0.2, 0) is 9.53 Å². The highest BCUT2D eigenvalue weighted by molar-refractivity contribution is 5.79. The molecule has 0 spiro atoms. The van der Waals surface area contributed by atoms with E-state index in [1.165, 1.54) is 0 Å². The molecule has 1 amide bonds. The van der Waals surface area contributed by atoms with Gasteiger partial charge in [-0.3, -0.25) is 4.79 Å². The van der Waals surface area contributed by atoms with Gasteiger partial charge in [0.05, 0.1) is 0 Å². The van der Waals surface area contributed by atoms with E-state index >= 15 is 0 Å². The van der Waals surface area contributed by atoms with Gasteiger partial charge in [0, 0.05) is 57.1 Å². The van der Waals surface area contributed by atoms with E-state index in [0.717, 1.165) is 56.2 Å². The molecule has 0 atom stereocenters. The summed E-state index contributed by atoms with van der Waals surface area (Å²) in [5.74, 6) is 2.09. The zero-order valence-corrected chi connectivity index (χ0v) is 13.9. The number of anilines is 1. The van der Waals surface area contributed by atoms with Crippen molar-refractivity contribution in [2.24, 2.45) is 5.92 Å². The number of ether oxygens (including phenoxy) is 3. The lowest BCUT2D eigenvalue weighted by atomic mass is 9.98. The molecule has 0 saturated carbocycles. The van der Waals surface area contributed by atoms with Gasteiger partial charge in [-0.2, -0.15) is 0 Å². The summed E-state index contributed by atoms with van der Waals surface area (Å²) in [6.07, 6.45) is 1.72. The first-order chi connectivity index (χ1) is 11.8. The first kappa shape index (κ1) is 15.6. The van der Waals surface area contributed by atoms with Gasteiger partial charge in [-0.25, -0.2) is 0 Å². The van der Waals surface area contributed by atoms with Crippen molar-refractivity contribution < 1.29 is 19.0 Å². The highest BCUT2D eigenvalue weighted by atomic mass is 16.6. The van der Waals surface area contributed by atoms with E-state index in [4.69, 9.17) is 14.2 Å². The zero-order valence-electron chi connectivity index (χ0n) is 13.9. The Kier molecular flexibility index (Phi) is 4.47. The van der Waals surface area contributed by atoms with E-state index in [0.29, 0.717) is 32.3 Å². The maximum atomic E-state index is 12.6. The van der Waals surface area contributed by atoms with E-state index in [1.807, 2.05) is 17.0 Å². The smallest absolute Gasteiger partial charge is 0.225 e. The van der Waals surface area contributed by atoms with Gasteiger partial charge in [0.15, 0.2) is 11.5 Å². The lowest BCUT2D eigenvalue weighted by molar-refractivity contribution is -0.138. The minimum atomic E-state index is 0.152. The Labute approximate surface area is 142 Å². The van der Waals surface area contributed by atoms with Crippen LogP contribution in [0.2, 0.25) is 0 Å². The van der Waals surface area contributed by atoms with Crippen molar-refractivity contribution in [3.8, 4) is 11.5 Å². The molecule has 2 fully saturated rings. The Morgan fingerprint density at radius 1 is 0.917 bits per heavy atom. The number of hydrogen-bond donors (Lipinski definition) is 0. The number of piperazine rings is 1. The van der Waals surface area contributed by atoms with E-state index < -0.39 is 0 Å². The van der Waals surface area contributed by atoms with Gasteiger partial charge in [-0.1, -0.05) is 0 Å². The summed E-state index contributed by atoms with van der Waals surface area (Å²) in [4.78, 5) is 16.9. The lowest BCUT2D eigenvalue weighted by Gasteiger charge is -2.38. The van der Waals surface area contributed by atoms with Crippen molar-refractivity contribution in [1.82, 2.24) is 4.90 Å². The Morgan fingerprint density at radius 3 is 2.38 bits per heavy atom. The molecule has 1 aromatic rings. The Balaban J connectivity index is 1.36. The van der Waals surface area contributed by atoms with Crippen LogP contribution in [0.1, 0.15) is 12.8 Å². The molecule has 2 saturated heterocycles. The summed E-state index contributed by atoms with van der Waals surface area (Å²) in [6, 6.07) is 6.09. The summed E-state index contributed by atoms with van der Waals surface area (Å²) < 4.78 is 16.6. The van der Waals surface area contributed by atoms with Gasteiger partial charge >= 0.3 is 0 Å². The molecule has 4 rings (SSSR count). The molecule has 0 N–H and O–H groups in total. The molecule has 0 aliphatic carbocycles. The van der Waals surface area contributed by atoms with Crippen LogP contribution >= 0.6 is 0 Å². The van der Waals surface area contributed by atoms with E-state index in [9.17, 15) is 4.79 Å². The summed E-state index contributed by atoms with van der Waals surface area (Å²) in [7, 11) is 0. The van der Waals surface area contributed by atoms with E-state index in [1.54, 1.807) is 0 Å². The average molecular weight is 332 g/mol. The third-order valence-electron chi connectivity index (χ3n) is 5.05. The largest absolute Gasteiger partial charge is 0.486 e. The van der Waals surface area contributed by atoms with Crippen molar-refractivity contribution >= 4 is 11.6 Å². The number of amides is 1. The van der Waals surface area contributed by atoms with Crippen molar-refractivity contribution in [1.29, 1.82) is 0 Å². The predicted octanol–water partition coefficient (Wildman–Crippen LogP) is 1.53. The molecule has 3 aliphatic heterocycles. The number of rotatable bonds is 2. The lowest BCUT2D eigenvalue weighted by Crippen LogP contribution is -2.51. The fraction of sp³-hybridized carbons (Fsp3) is 0.611. The standard InChI is InChI=1S/C18H24N2O4/c21-18(14-3-9-22-10-4-14)20-7-5-19(6-8-20)15-1-2-16-17(13-15)24-12-11-23-16/h1-2,13-14H,3-12H2. The van der Waals surface area contributed by atoms with Crippen molar-refractivity contribution in [2.45, 2.75) is 12.8 Å². The maximum absolute atomic E-state index is 12.6. The normalized spacial score (nSPS) is 21.7. The predicted molar refractivity (Wildman–Crippen MR) is 89.8 cm³/mol. The molecule has 24 heavy (non-hydrogen) atoms. The van der Waals surface area contributed by atoms with Gasteiger partial charge in [0.1, 0.15) is 13.2 Å². The number of nitrogens with zero attached hydrogens (tertiary/aromatic N) is 2. The van der Waals surface area contributed by atoms with Crippen LogP contribution in [0.25, 0.3) is 0 Å². The zero-order chi connectivity index (χ0) is 16.4. The second-order valence-corrected chi connectivity index (χ2v) is 6.53. The average Bonchev–Trinajstić information content (AvgIpc) is 2.68. The SMILES string of the molecule is O=C(C1CCOCC1)N1CCN(c2ccc3c(c2)OCCO3)CC1. The van der Waals surface area contributed by atoms with Gasteiger partial charge in [-0.05, 0) is 25.0 Å². The van der Waals surface area contributed by atoms with Crippen LogP contribution in [0.15, 0.2) is 18.2 Å². The van der Waals surface area contributed by atoms with Crippen molar-refractivity contribution in [3.05, 3.63) is 18.2 Å². The van der Waals surface area contributed by atoms with Crippen molar-refractivity contribution in [2.75, 3.05) is 57.5 Å². The summed E-state index contributed by atoms with van der Waals surface area (Å²) >= 11 is 0. The van der Waals surface area contributed by atoms with Crippen LogP contribution in [0.4, 0.5) is 5.69 Å². The quantitative estimate of drug-likeness (QED) is 0.822. The summed E-state index contributed by atoms with van der Waals surface area (Å²) in [5.41, 5.74) is 1.14. The van der Waals surface area contributed by atoms with Crippen LogP contribution in [-0.4, -0.2) is 63.4 Å². The number of hydrogen-bond acceptors (Lipinski definition) is 5. The molecule has 3 aliphatic rings. The number of fused-ring (bicyclic) bond motifs is 1. The molecular formula is C18H24N2O4. The topological polar surface area (TPSA) is 51.2 Å². The van der Waals surface area contributed by atoms with Gasteiger partial charge < -0.3 is 24.0 Å². The second kappa shape index (κ2) is 6.89. The molecular weight excluding hydrogens is 308 g/mol. The summed E-state index contributed by atoms with van der Waals surface area (Å²) in [5, 5.41) is 0. The molecule has 130 valence electrons. The molecule has 0 aromatic heterocycles. The molecule has 0 bridgehead atoms. The highest BCUT2D eigenvalue weighted by Crippen LogP contribution is 2.34. The van der Waals surface area contributed by atoms with E-state index in [-0.39, 0.29) is 5.92 Å². The maximum Gasteiger partial charge on any atom is 0.225 e. The number of benzene rings is 1. The van der Waals surface area contributed by atoms with Crippen molar-refractivity contribution in [3.63, 3.8) is 0 Å². The summed E-state index contributed by atoms with van der Waals surface area (Å²) in [6.45, 7) is 5.92. The van der Waals surface area contributed by atoms with Crippen LogP contribution in [0.5, 0.6) is 11.5 Å². The minimum Gasteiger partial charge on any atom is -0.486 e.